The van der Waals surface area contributed by atoms with Gasteiger partial charge in [-0.2, -0.15) is 0 Å². The Morgan fingerprint density at radius 2 is 1.70 bits per heavy atom. The summed E-state index contributed by atoms with van der Waals surface area (Å²) in [5.74, 6) is -1.29. The van der Waals surface area contributed by atoms with E-state index in [1.54, 1.807) is 12.1 Å². The van der Waals surface area contributed by atoms with Crippen LogP contribution in [0.1, 0.15) is 22.7 Å². The van der Waals surface area contributed by atoms with Crippen LogP contribution in [0.25, 0.3) is 16.5 Å². The number of carbonyl (C=O) groups excluding carboxylic acids is 2. The maximum absolute atomic E-state index is 13.9. The number of nitrogens with zero attached hydrogens (tertiary/aromatic N) is 3. The zero-order valence-electron chi connectivity index (χ0n) is 23.0. The van der Waals surface area contributed by atoms with Crippen LogP contribution in [-0.2, 0) is 15.3 Å². The van der Waals surface area contributed by atoms with Gasteiger partial charge in [-0.25, -0.2) is 4.39 Å². The number of Topliss-reactive ketones (excluding diaryl/α,β-unsaturated/α-hetero) is 1. The Hall–Kier alpha value is -4.74. The van der Waals surface area contributed by atoms with Gasteiger partial charge >= 0.3 is 5.91 Å². The first-order chi connectivity index (χ1) is 20.9. The lowest BCUT2D eigenvalue weighted by Crippen LogP contribution is -2.29. The molecule has 2 heterocycles. The van der Waals surface area contributed by atoms with E-state index in [9.17, 15) is 19.1 Å². The molecule has 4 aromatic carbocycles. The molecule has 1 atom stereocenters. The highest BCUT2D eigenvalue weighted by Crippen LogP contribution is 2.44. The third-order valence-electron chi connectivity index (χ3n) is 7.12. The third-order valence-corrected chi connectivity index (χ3v) is 9.22. The molecule has 43 heavy (non-hydrogen) atoms. The van der Waals surface area contributed by atoms with Gasteiger partial charge in [-0.05, 0) is 52.2 Å². The van der Waals surface area contributed by atoms with Gasteiger partial charge in [-0.15, -0.1) is 10.2 Å². The Balaban J connectivity index is 1.38. The lowest BCUT2D eigenvalue weighted by atomic mass is 9.95. The van der Waals surface area contributed by atoms with E-state index in [0.717, 1.165) is 27.7 Å². The predicted molar refractivity (Wildman–Crippen MR) is 164 cm³/mol. The van der Waals surface area contributed by atoms with Crippen LogP contribution in [0.3, 0.4) is 0 Å². The molecule has 1 amide bonds. The van der Waals surface area contributed by atoms with Gasteiger partial charge in [0.15, 0.2) is 15.8 Å². The molecule has 0 bridgehead atoms. The quantitative estimate of drug-likeness (QED) is 0.0673. The van der Waals surface area contributed by atoms with E-state index in [0.29, 0.717) is 27.2 Å². The number of thioether (sulfide) groups is 1. The van der Waals surface area contributed by atoms with Gasteiger partial charge in [0.1, 0.15) is 11.6 Å². The number of amides is 1. The van der Waals surface area contributed by atoms with Crippen LogP contribution in [0.2, 0.25) is 0 Å². The summed E-state index contributed by atoms with van der Waals surface area (Å²) in [7, 11) is 2.93. The summed E-state index contributed by atoms with van der Waals surface area (Å²) < 4.78 is 25.1. The lowest BCUT2D eigenvalue weighted by molar-refractivity contribution is -0.132. The molecule has 0 unspecified atom stereocenters. The first-order valence-electron chi connectivity index (χ1n) is 13.1. The molecule has 6 rings (SSSR count). The van der Waals surface area contributed by atoms with Gasteiger partial charge in [0.05, 0.1) is 25.8 Å². The zero-order chi connectivity index (χ0) is 30.1. The summed E-state index contributed by atoms with van der Waals surface area (Å²) in [5.41, 5.74) is 1.62. The Labute approximate surface area is 254 Å². The number of rotatable bonds is 8. The van der Waals surface area contributed by atoms with Gasteiger partial charge < -0.3 is 14.6 Å². The maximum Gasteiger partial charge on any atom is 0.301 e. The van der Waals surface area contributed by atoms with Crippen LogP contribution in [0.4, 0.5) is 9.52 Å². The first kappa shape index (κ1) is 28.4. The molecular weight excluding hydrogens is 590 g/mol. The second kappa shape index (κ2) is 11.9. The van der Waals surface area contributed by atoms with Crippen LogP contribution in [0, 0.1) is 5.82 Å². The van der Waals surface area contributed by atoms with E-state index in [4.69, 9.17) is 9.47 Å². The molecule has 1 saturated heterocycles. The number of anilines is 1. The van der Waals surface area contributed by atoms with Gasteiger partial charge in [0.2, 0.25) is 5.13 Å². The van der Waals surface area contributed by atoms with Crippen molar-refractivity contribution in [3.05, 3.63) is 113 Å². The highest BCUT2D eigenvalue weighted by molar-refractivity contribution is 8.00. The van der Waals surface area contributed by atoms with E-state index in [2.05, 4.69) is 34.5 Å². The van der Waals surface area contributed by atoms with Crippen LogP contribution >= 0.6 is 23.1 Å². The number of methoxy groups -OCH3 is 2. The first-order valence-corrected chi connectivity index (χ1v) is 14.9. The standard InChI is InChI=1S/C32H24FN3O5S2/c1-40-24-15-12-20(16-25(24)41-2)28(37)26-27(19-10-13-22(33)14-11-19)36(30(39)29(26)38)31-34-35-32(43-31)42-17-21-8-5-7-18-6-3-4-9-23(18)21/h3-16,27,37H,17H2,1-2H3/t27-/m1/s1. The molecular formula is C32H24FN3O5S2. The summed E-state index contributed by atoms with van der Waals surface area (Å²) in [5, 5.41) is 22.4. The number of aliphatic hydroxyl groups excluding tert-OH is 1. The largest absolute Gasteiger partial charge is 0.507 e. The molecule has 11 heteroatoms. The van der Waals surface area contributed by atoms with Gasteiger partial charge in [0.25, 0.3) is 5.78 Å². The Bertz CT molecular complexity index is 1880. The minimum Gasteiger partial charge on any atom is -0.507 e. The van der Waals surface area contributed by atoms with E-state index in [1.165, 1.54) is 61.2 Å². The molecule has 8 nitrogen and oxygen atoms in total. The highest BCUT2D eigenvalue weighted by Gasteiger charge is 2.48. The summed E-state index contributed by atoms with van der Waals surface area (Å²) >= 11 is 2.63. The zero-order valence-corrected chi connectivity index (χ0v) is 24.6. The fourth-order valence-corrected chi connectivity index (χ4v) is 6.92. The van der Waals surface area contributed by atoms with Gasteiger partial charge in [0, 0.05) is 11.3 Å². The van der Waals surface area contributed by atoms with Crippen LogP contribution < -0.4 is 14.4 Å². The summed E-state index contributed by atoms with van der Waals surface area (Å²) in [6.07, 6.45) is 0. The number of benzene rings is 4. The monoisotopic (exact) mass is 613 g/mol. The fraction of sp³-hybridized carbons (Fsp3) is 0.125. The molecule has 0 saturated carbocycles. The maximum atomic E-state index is 13.9. The summed E-state index contributed by atoms with van der Waals surface area (Å²) in [6, 6.07) is 23.2. The number of ketones is 1. The second-order valence-electron chi connectivity index (χ2n) is 9.57. The van der Waals surface area contributed by atoms with Gasteiger partial charge in [-0.3, -0.25) is 14.5 Å². The number of fused-ring (bicyclic) bond motifs is 1. The van der Waals surface area contributed by atoms with Crippen LogP contribution in [0.5, 0.6) is 11.5 Å². The minimum atomic E-state index is -1.07. The van der Waals surface area contributed by atoms with Crippen LogP contribution in [-0.4, -0.2) is 41.2 Å². The molecule has 1 aliphatic rings. The van der Waals surface area contributed by atoms with Crippen molar-refractivity contribution < 1.29 is 28.6 Å². The number of hydrogen-bond acceptors (Lipinski definition) is 9. The highest BCUT2D eigenvalue weighted by atomic mass is 32.2. The number of carbonyl (C=O) groups is 2. The molecule has 1 aliphatic heterocycles. The Kier molecular flexibility index (Phi) is 7.83. The molecule has 0 radical (unpaired) electrons. The molecule has 1 aromatic heterocycles. The second-order valence-corrected chi connectivity index (χ2v) is 11.7. The van der Waals surface area contributed by atoms with E-state index in [-0.39, 0.29) is 16.3 Å². The van der Waals surface area contributed by atoms with Crippen molar-refractivity contribution in [2.24, 2.45) is 0 Å². The van der Waals surface area contributed by atoms with Crippen molar-refractivity contribution in [2.75, 3.05) is 19.1 Å². The topological polar surface area (TPSA) is 102 Å². The summed E-state index contributed by atoms with van der Waals surface area (Å²) in [6.45, 7) is 0. The minimum absolute atomic E-state index is 0.163. The molecule has 5 aromatic rings. The fourth-order valence-electron chi connectivity index (χ4n) is 5.05. The number of aromatic nitrogens is 2. The molecule has 1 fully saturated rings. The van der Waals surface area contributed by atoms with E-state index in [1.807, 2.05) is 18.2 Å². The smallest absolute Gasteiger partial charge is 0.301 e. The summed E-state index contributed by atoms with van der Waals surface area (Å²) in [4.78, 5) is 28.2. The van der Waals surface area contributed by atoms with Crippen molar-refractivity contribution in [2.45, 2.75) is 16.1 Å². The van der Waals surface area contributed by atoms with Crippen LogP contribution in [0.15, 0.2) is 94.8 Å². The Morgan fingerprint density at radius 3 is 2.47 bits per heavy atom. The number of hydrogen-bond donors (Lipinski definition) is 1. The van der Waals surface area contributed by atoms with Crippen molar-refractivity contribution >= 4 is 56.5 Å². The molecule has 216 valence electrons. The lowest BCUT2D eigenvalue weighted by Gasteiger charge is -2.22. The molecule has 0 spiro atoms. The normalized spacial score (nSPS) is 16.2. The van der Waals surface area contributed by atoms with Crippen molar-refractivity contribution in [3.63, 3.8) is 0 Å². The van der Waals surface area contributed by atoms with Crippen molar-refractivity contribution in [1.29, 1.82) is 0 Å². The van der Waals surface area contributed by atoms with Crippen molar-refractivity contribution in [1.82, 2.24) is 10.2 Å². The average molecular weight is 614 g/mol. The average Bonchev–Trinajstić information content (AvgIpc) is 3.61. The SMILES string of the molecule is COc1ccc(C(O)=C2C(=O)C(=O)N(c3nnc(SCc4cccc5ccccc45)s3)[C@@H]2c2ccc(F)cc2)cc1OC. The van der Waals surface area contributed by atoms with E-state index >= 15 is 0 Å². The Morgan fingerprint density at radius 1 is 0.953 bits per heavy atom. The number of halogens is 1. The number of aliphatic hydroxyl groups is 1. The molecule has 0 aliphatic carbocycles. The molecule has 1 N–H and O–H groups in total. The number of ether oxygens (including phenoxy) is 2. The third kappa shape index (κ3) is 5.33. The van der Waals surface area contributed by atoms with Crippen molar-refractivity contribution in [3.8, 4) is 11.5 Å². The van der Waals surface area contributed by atoms with Gasteiger partial charge in [-0.1, -0.05) is 77.7 Å². The predicted octanol–water partition coefficient (Wildman–Crippen LogP) is 6.77. The van der Waals surface area contributed by atoms with E-state index < -0.39 is 29.3 Å².